The summed E-state index contributed by atoms with van der Waals surface area (Å²) >= 11 is 0. The summed E-state index contributed by atoms with van der Waals surface area (Å²) < 4.78 is 20.3. The molecule has 2 aromatic carbocycles. The van der Waals surface area contributed by atoms with Gasteiger partial charge in [0.25, 0.3) is 0 Å². The van der Waals surface area contributed by atoms with Crippen LogP contribution in [-0.4, -0.2) is 21.6 Å². The first-order chi connectivity index (χ1) is 13.6. The number of H-pyrrole nitrogens is 1. The van der Waals surface area contributed by atoms with Crippen LogP contribution in [0.15, 0.2) is 59.5 Å². The van der Waals surface area contributed by atoms with Gasteiger partial charge in [-0.1, -0.05) is 18.2 Å². The van der Waals surface area contributed by atoms with Crippen LogP contribution in [0.25, 0.3) is 22.3 Å². The van der Waals surface area contributed by atoms with Gasteiger partial charge in [0.05, 0.1) is 30.8 Å². The quantitative estimate of drug-likeness (QED) is 0.593. The number of fused-ring (bicyclic) bond motifs is 1. The standard InChI is InChI=1S/C21H15FN4O2/c1-28-19-9-16(22)6-7-17(19)15-8-18-20(24-11-15)25-21(27)26(18)12-14-5-3-2-4-13(14)10-23/h2-9,11H,12H2,1H3,(H,24,25,27). The Bertz CT molecular complexity index is 1280. The van der Waals surface area contributed by atoms with E-state index in [4.69, 9.17) is 4.74 Å². The molecule has 0 radical (unpaired) electrons. The van der Waals surface area contributed by atoms with Crippen LogP contribution in [0.2, 0.25) is 0 Å². The molecule has 7 heteroatoms. The highest BCUT2D eigenvalue weighted by Gasteiger charge is 2.14. The van der Waals surface area contributed by atoms with E-state index in [1.54, 1.807) is 30.5 Å². The van der Waals surface area contributed by atoms with E-state index in [1.807, 2.05) is 12.1 Å². The third-order valence-corrected chi connectivity index (χ3v) is 4.57. The van der Waals surface area contributed by atoms with Gasteiger partial charge in [-0.3, -0.25) is 9.55 Å². The summed E-state index contributed by atoms with van der Waals surface area (Å²) in [6.07, 6.45) is 1.60. The van der Waals surface area contributed by atoms with Crippen molar-refractivity contribution < 1.29 is 9.13 Å². The molecule has 0 aliphatic heterocycles. The second kappa shape index (κ2) is 7.00. The summed E-state index contributed by atoms with van der Waals surface area (Å²) in [6.45, 7) is 0.230. The van der Waals surface area contributed by atoms with Crippen LogP contribution in [0.4, 0.5) is 4.39 Å². The molecule has 0 bridgehead atoms. The first-order valence-electron chi connectivity index (χ1n) is 8.51. The average Bonchev–Trinajstić information content (AvgIpc) is 3.02. The molecular weight excluding hydrogens is 359 g/mol. The van der Waals surface area contributed by atoms with Crippen LogP contribution in [0, 0.1) is 17.1 Å². The molecule has 0 aliphatic carbocycles. The van der Waals surface area contributed by atoms with Crippen molar-refractivity contribution in [3.8, 4) is 22.9 Å². The average molecular weight is 374 g/mol. The van der Waals surface area contributed by atoms with Gasteiger partial charge in [0.1, 0.15) is 11.6 Å². The molecule has 2 heterocycles. The largest absolute Gasteiger partial charge is 0.496 e. The first-order valence-corrected chi connectivity index (χ1v) is 8.51. The number of rotatable bonds is 4. The number of hydrogen-bond acceptors (Lipinski definition) is 4. The molecular formula is C21H15FN4O2. The van der Waals surface area contributed by atoms with Crippen LogP contribution in [-0.2, 0) is 6.54 Å². The van der Waals surface area contributed by atoms with E-state index < -0.39 is 5.82 Å². The van der Waals surface area contributed by atoms with E-state index in [9.17, 15) is 14.4 Å². The van der Waals surface area contributed by atoms with Gasteiger partial charge < -0.3 is 4.74 Å². The summed E-state index contributed by atoms with van der Waals surface area (Å²) in [6, 6.07) is 15.3. The minimum Gasteiger partial charge on any atom is -0.496 e. The van der Waals surface area contributed by atoms with Crippen LogP contribution in [0.1, 0.15) is 11.1 Å². The lowest BCUT2D eigenvalue weighted by Crippen LogP contribution is -2.17. The van der Waals surface area contributed by atoms with Gasteiger partial charge in [-0.05, 0) is 29.8 Å². The number of nitrogens with zero attached hydrogens (tertiary/aromatic N) is 3. The van der Waals surface area contributed by atoms with E-state index in [-0.39, 0.29) is 12.2 Å². The fourth-order valence-corrected chi connectivity index (χ4v) is 3.18. The van der Waals surface area contributed by atoms with Crippen molar-refractivity contribution >= 4 is 11.2 Å². The third kappa shape index (κ3) is 3.01. The maximum absolute atomic E-state index is 13.5. The molecule has 1 N–H and O–H groups in total. The van der Waals surface area contributed by atoms with Crippen molar-refractivity contribution in [1.82, 2.24) is 14.5 Å². The molecule has 0 saturated heterocycles. The van der Waals surface area contributed by atoms with Gasteiger partial charge in [0.2, 0.25) is 0 Å². The maximum atomic E-state index is 13.5. The summed E-state index contributed by atoms with van der Waals surface area (Å²) in [5, 5.41) is 9.30. The highest BCUT2D eigenvalue weighted by atomic mass is 19.1. The first kappa shape index (κ1) is 17.5. The van der Waals surface area contributed by atoms with Crippen LogP contribution in [0.5, 0.6) is 5.75 Å². The summed E-state index contributed by atoms with van der Waals surface area (Å²) in [4.78, 5) is 19.5. The number of methoxy groups -OCH3 is 1. The van der Waals surface area contributed by atoms with Gasteiger partial charge in [0, 0.05) is 23.4 Å². The lowest BCUT2D eigenvalue weighted by atomic mass is 10.1. The summed E-state index contributed by atoms with van der Waals surface area (Å²) in [5.74, 6) is -0.0262. The van der Waals surface area contributed by atoms with E-state index in [1.165, 1.54) is 23.8 Å². The molecule has 0 fully saturated rings. The molecule has 0 aliphatic rings. The van der Waals surface area contributed by atoms with Crippen molar-refractivity contribution in [2.24, 2.45) is 0 Å². The molecule has 0 amide bonds. The summed E-state index contributed by atoms with van der Waals surface area (Å²) in [7, 11) is 1.47. The second-order valence-electron chi connectivity index (χ2n) is 6.22. The predicted molar refractivity (Wildman–Crippen MR) is 103 cm³/mol. The highest BCUT2D eigenvalue weighted by molar-refractivity contribution is 5.80. The second-order valence-corrected chi connectivity index (χ2v) is 6.22. The number of halogens is 1. The van der Waals surface area contributed by atoms with Gasteiger partial charge in [0.15, 0.2) is 5.65 Å². The van der Waals surface area contributed by atoms with Crippen LogP contribution in [0.3, 0.4) is 0 Å². The maximum Gasteiger partial charge on any atom is 0.327 e. The molecule has 0 saturated carbocycles. The Hall–Kier alpha value is -3.92. The number of aromatic amines is 1. The molecule has 2 aromatic heterocycles. The minimum atomic E-state index is -0.402. The van der Waals surface area contributed by atoms with E-state index in [0.717, 1.165) is 5.56 Å². The lowest BCUT2D eigenvalue weighted by Gasteiger charge is -2.10. The fraction of sp³-hybridized carbons (Fsp3) is 0.0952. The number of ether oxygens (including phenoxy) is 1. The Balaban J connectivity index is 1.86. The van der Waals surface area contributed by atoms with Gasteiger partial charge in [-0.15, -0.1) is 0 Å². The Morgan fingerprint density at radius 2 is 2.07 bits per heavy atom. The highest BCUT2D eigenvalue weighted by Crippen LogP contribution is 2.31. The van der Waals surface area contributed by atoms with Crippen molar-refractivity contribution in [2.45, 2.75) is 6.54 Å². The molecule has 0 unspecified atom stereocenters. The summed E-state index contributed by atoms with van der Waals surface area (Å²) in [5.41, 5.74) is 3.29. The third-order valence-electron chi connectivity index (χ3n) is 4.57. The number of pyridine rings is 1. The fourth-order valence-electron chi connectivity index (χ4n) is 3.18. The Morgan fingerprint density at radius 1 is 1.25 bits per heavy atom. The molecule has 6 nitrogen and oxygen atoms in total. The predicted octanol–water partition coefficient (Wildman–Crippen LogP) is 3.46. The minimum absolute atomic E-state index is 0.230. The zero-order valence-electron chi connectivity index (χ0n) is 14.9. The van der Waals surface area contributed by atoms with Crippen LogP contribution < -0.4 is 10.4 Å². The number of hydrogen-bond donors (Lipinski definition) is 1. The van der Waals surface area contributed by atoms with Crippen LogP contribution >= 0.6 is 0 Å². The number of benzene rings is 2. The van der Waals surface area contributed by atoms with E-state index >= 15 is 0 Å². The topological polar surface area (TPSA) is 83.7 Å². The number of aromatic nitrogens is 3. The smallest absolute Gasteiger partial charge is 0.327 e. The SMILES string of the molecule is COc1cc(F)ccc1-c1cnc2[nH]c(=O)n(Cc3ccccc3C#N)c2c1. The van der Waals surface area contributed by atoms with Gasteiger partial charge >= 0.3 is 5.69 Å². The molecule has 0 spiro atoms. The van der Waals surface area contributed by atoms with Gasteiger partial charge in [-0.25, -0.2) is 14.2 Å². The van der Waals surface area contributed by atoms with Crippen molar-refractivity contribution in [3.05, 3.63) is 82.2 Å². The zero-order chi connectivity index (χ0) is 19.7. The molecule has 0 atom stereocenters. The Morgan fingerprint density at radius 3 is 2.86 bits per heavy atom. The van der Waals surface area contributed by atoms with Gasteiger partial charge in [-0.2, -0.15) is 5.26 Å². The number of nitrogens with one attached hydrogen (secondary N) is 1. The number of nitriles is 1. The monoisotopic (exact) mass is 374 g/mol. The lowest BCUT2D eigenvalue weighted by molar-refractivity contribution is 0.413. The Labute approximate surface area is 159 Å². The van der Waals surface area contributed by atoms with Crippen molar-refractivity contribution in [1.29, 1.82) is 5.26 Å². The molecule has 28 heavy (non-hydrogen) atoms. The van der Waals surface area contributed by atoms with Crippen molar-refractivity contribution in [3.63, 3.8) is 0 Å². The molecule has 138 valence electrons. The number of imidazole rings is 1. The zero-order valence-corrected chi connectivity index (χ0v) is 14.9. The van der Waals surface area contributed by atoms with Crippen molar-refractivity contribution in [2.75, 3.05) is 7.11 Å². The van der Waals surface area contributed by atoms with E-state index in [2.05, 4.69) is 16.0 Å². The normalized spacial score (nSPS) is 10.8. The molecule has 4 aromatic rings. The molecule has 4 rings (SSSR count). The van der Waals surface area contributed by atoms with E-state index in [0.29, 0.717) is 33.6 Å². The Kier molecular flexibility index (Phi) is 4.38.